The van der Waals surface area contributed by atoms with Gasteiger partial charge in [0, 0.05) is 18.3 Å². The van der Waals surface area contributed by atoms with Crippen molar-refractivity contribution in [2.75, 3.05) is 5.73 Å². The van der Waals surface area contributed by atoms with Crippen LogP contribution in [0, 0.1) is 6.92 Å². The van der Waals surface area contributed by atoms with E-state index in [1.165, 1.54) is 0 Å². The van der Waals surface area contributed by atoms with E-state index in [2.05, 4.69) is 17.1 Å². The Kier molecular flexibility index (Phi) is 5.33. The molecule has 2 rings (SSSR count). The molecule has 3 nitrogen and oxygen atoms in total. The zero-order valence-electron chi connectivity index (χ0n) is 11.3. The van der Waals surface area contributed by atoms with Crippen LogP contribution in [0.1, 0.15) is 25.0 Å². The fraction of sp³-hybridized carbons (Fsp3) is 0.267. The van der Waals surface area contributed by atoms with Crippen LogP contribution in [0.2, 0.25) is 0 Å². The van der Waals surface area contributed by atoms with E-state index in [0.29, 0.717) is 12.4 Å². The summed E-state index contributed by atoms with van der Waals surface area (Å²) in [6, 6.07) is 10.2. The lowest BCUT2D eigenvalue weighted by Gasteiger charge is -2.05. The summed E-state index contributed by atoms with van der Waals surface area (Å²) in [6.07, 6.45) is 1.79. The summed E-state index contributed by atoms with van der Waals surface area (Å²) in [5, 5.41) is 0. The Morgan fingerprint density at radius 3 is 2.17 bits per heavy atom. The fourth-order valence-electron chi connectivity index (χ4n) is 1.58. The van der Waals surface area contributed by atoms with E-state index in [0.717, 1.165) is 22.3 Å². The smallest absolute Gasteiger partial charge is 0.126 e. The molecular weight excluding hydrogens is 222 g/mol. The molecule has 0 radical (unpaired) electrons. The van der Waals surface area contributed by atoms with E-state index >= 15 is 0 Å². The molecule has 0 saturated heterocycles. The van der Waals surface area contributed by atoms with E-state index in [4.69, 9.17) is 11.5 Å². The molecule has 0 spiro atoms. The lowest BCUT2D eigenvalue weighted by molar-refractivity contribution is 1.07. The predicted molar refractivity (Wildman–Crippen MR) is 78.1 cm³/mol. The highest BCUT2D eigenvalue weighted by molar-refractivity contribution is 5.65. The monoisotopic (exact) mass is 243 g/mol. The number of nitrogens with two attached hydrogens (primary N) is 2. The highest BCUT2D eigenvalue weighted by Gasteiger charge is 2.01. The highest BCUT2D eigenvalue weighted by Crippen LogP contribution is 2.21. The van der Waals surface area contributed by atoms with Gasteiger partial charge in [-0.1, -0.05) is 38.1 Å². The molecular formula is C15H21N3. The fourth-order valence-corrected chi connectivity index (χ4v) is 1.58. The van der Waals surface area contributed by atoms with Crippen LogP contribution in [0.3, 0.4) is 0 Å². The second-order valence-corrected chi connectivity index (χ2v) is 3.83. The summed E-state index contributed by atoms with van der Waals surface area (Å²) in [5.41, 5.74) is 15.6. The molecule has 0 saturated carbocycles. The van der Waals surface area contributed by atoms with Crippen LogP contribution in [0.15, 0.2) is 36.5 Å². The minimum Gasteiger partial charge on any atom is -0.383 e. The summed E-state index contributed by atoms with van der Waals surface area (Å²) in [6.45, 7) is 6.53. The van der Waals surface area contributed by atoms with E-state index in [9.17, 15) is 0 Å². The van der Waals surface area contributed by atoms with E-state index in [1.807, 2.05) is 39.0 Å². The molecule has 1 aromatic heterocycles. The molecule has 0 fully saturated rings. The van der Waals surface area contributed by atoms with Gasteiger partial charge >= 0.3 is 0 Å². The summed E-state index contributed by atoms with van der Waals surface area (Å²) in [4.78, 5) is 4.15. The van der Waals surface area contributed by atoms with Crippen LogP contribution in [0.5, 0.6) is 0 Å². The predicted octanol–water partition coefficient (Wildman–Crippen LogP) is 3.12. The Bertz CT molecular complexity index is 490. The van der Waals surface area contributed by atoms with Crippen molar-refractivity contribution in [1.29, 1.82) is 0 Å². The van der Waals surface area contributed by atoms with Gasteiger partial charge in [-0.15, -0.1) is 0 Å². The summed E-state index contributed by atoms with van der Waals surface area (Å²) >= 11 is 0. The number of nitrogen functional groups attached to an aromatic ring is 1. The van der Waals surface area contributed by atoms with Gasteiger partial charge in [-0.3, -0.25) is 0 Å². The Balaban J connectivity index is 0.000000771. The van der Waals surface area contributed by atoms with Gasteiger partial charge in [0.25, 0.3) is 0 Å². The van der Waals surface area contributed by atoms with Gasteiger partial charge in [-0.2, -0.15) is 0 Å². The molecule has 0 unspecified atom stereocenters. The van der Waals surface area contributed by atoms with E-state index in [1.54, 1.807) is 6.20 Å². The number of anilines is 1. The van der Waals surface area contributed by atoms with E-state index < -0.39 is 0 Å². The Labute approximate surface area is 109 Å². The SMILES string of the molecule is CC.Cc1cc(-c2ccc(CN)cc2)cnc1N. The van der Waals surface area contributed by atoms with Crippen LogP contribution in [-0.2, 0) is 6.54 Å². The van der Waals surface area contributed by atoms with Crippen molar-refractivity contribution in [2.24, 2.45) is 5.73 Å². The molecule has 0 aliphatic rings. The third-order valence-electron chi connectivity index (χ3n) is 2.64. The maximum atomic E-state index is 5.68. The second-order valence-electron chi connectivity index (χ2n) is 3.83. The van der Waals surface area contributed by atoms with Crippen LogP contribution in [0.25, 0.3) is 11.1 Å². The normalized spacial score (nSPS) is 9.56. The first kappa shape index (κ1) is 14.2. The third-order valence-corrected chi connectivity index (χ3v) is 2.64. The quantitative estimate of drug-likeness (QED) is 0.851. The topological polar surface area (TPSA) is 64.9 Å². The maximum Gasteiger partial charge on any atom is 0.126 e. The molecule has 0 bridgehead atoms. The van der Waals surface area contributed by atoms with Crippen molar-refractivity contribution in [1.82, 2.24) is 4.98 Å². The molecule has 4 N–H and O–H groups in total. The average molecular weight is 243 g/mol. The standard InChI is InChI=1S/C13H15N3.C2H6/c1-9-6-12(8-16-13(9)15)11-4-2-10(7-14)3-5-11;1-2/h2-6,8H,7,14H2,1H3,(H2,15,16);1-2H3. The van der Waals surface area contributed by atoms with Gasteiger partial charge < -0.3 is 11.5 Å². The number of aryl methyl sites for hydroxylation is 1. The number of hydrogen-bond donors (Lipinski definition) is 2. The molecule has 1 heterocycles. The van der Waals surface area contributed by atoms with Crippen LogP contribution in [-0.4, -0.2) is 4.98 Å². The number of pyridine rings is 1. The van der Waals surface area contributed by atoms with Crippen molar-refractivity contribution in [2.45, 2.75) is 27.3 Å². The first-order chi connectivity index (χ1) is 8.70. The van der Waals surface area contributed by atoms with Gasteiger partial charge in [-0.25, -0.2) is 4.98 Å². The number of nitrogens with zero attached hydrogens (tertiary/aromatic N) is 1. The second kappa shape index (κ2) is 6.77. The van der Waals surface area contributed by atoms with Gasteiger partial charge in [0.1, 0.15) is 5.82 Å². The molecule has 0 amide bonds. The molecule has 18 heavy (non-hydrogen) atoms. The van der Waals surface area contributed by atoms with Crippen molar-refractivity contribution >= 4 is 5.82 Å². The highest BCUT2D eigenvalue weighted by atomic mass is 14.8. The molecule has 0 atom stereocenters. The molecule has 0 aliphatic carbocycles. The lowest BCUT2D eigenvalue weighted by Crippen LogP contribution is -1.96. The Hall–Kier alpha value is -1.87. The van der Waals surface area contributed by atoms with Crippen molar-refractivity contribution in [3.05, 3.63) is 47.7 Å². The summed E-state index contributed by atoms with van der Waals surface area (Å²) in [5.74, 6) is 0.585. The van der Waals surface area contributed by atoms with Gasteiger partial charge in [0.15, 0.2) is 0 Å². The molecule has 0 aliphatic heterocycles. The molecule has 96 valence electrons. The summed E-state index contributed by atoms with van der Waals surface area (Å²) < 4.78 is 0. The number of benzene rings is 1. The van der Waals surface area contributed by atoms with Crippen molar-refractivity contribution < 1.29 is 0 Å². The largest absolute Gasteiger partial charge is 0.383 e. The van der Waals surface area contributed by atoms with Crippen molar-refractivity contribution in [3.8, 4) is 11.1 Å². The molecule has 1 aromatic carbocycles. The van der Waals surface area contributed by atoms with Crippen LogP contribution >= 0.6 is 0 Å². The summed E-state index contributed by atoms with van der Waals surface area (Å²) in [7, 11) is 0. The first-order valence-electron chi connectivity index (χ1n) is 6.22. The van der Waals surface area contributed by atoms with Gasteiger partial charge in [0.05, 0.1) is 0 Å². The zero-order valence-corrected chi connectivity index (χ0v) is 11.3. The molecule has 3 heteroatoms. The number of rotatable bonds is 2. The van der Waals surface area contributed by atoms with E-state index in [-0.39, 0.29) is 0 Å². The Morgan fingerprint density at radius 2 is 1.67 bits per heavy atom. The Morgan fingerprint density at radius 1 is 1.06 bits per heavy atom. The maximum absolute atomic E-state index is 5.68. The van der Waals surface area contributed by atoms with Gasteiger partial charge in [0.2, 0.25) is 0 Å². The number of hydrogen-bond acceptors (Lipinski definition) is 3. The molecule has 2 aromatic rings. The van der Waals surface area contributed by atoms with Crippen molar-refractivity contribution in [3.63, 3.8) is 0 Å². The number of aromatic nitrogens is 1. The van der Waals surface area contributed by atoms with Crippen LogP contribution in [0.4, 0.5) is 5.82 Å². The average Bonchev–Trinajstić information content (AvgIpc) is 2.44. The van der Waals surface area contributed by atoms with Crippen LogP contribution < -0.4 is 11.5 Å². The minimum atomic E-state index is 0.569. The lowest BCUT2D eigenvalue weighted by atomic mass is 10.0. The minimum absolute atomic E-state index is 0.569. The van der Waals surface area contributed by atoms with Gasteiger partial charge in [-0.05, 0) is 29.7 Å². The first-order valence-corrected chi connectivity index (χ1v) is 6.22. The third kappa shape index (κ3) is 3.31. The zero-order chi connectivity index (χ0) is 13.5.